The SMILES string of the molecule is CCCNC(c1cccc2ccncc12)C(C)C1CC1. The molecule has 2 atom stereocenters. The maximum absolute atomic E-state index is 4.33. The highest BCUT2D eigenvalue weighted by Gasteiger charge is 2.34. The van der Waals surface area contributed by atoms with Crippen molar-refractivity contribution in [3.05, 3.63) is 42.2 Å². The number of rotatable bonds is 6. The van der Waals surface area contributed by atoms with Gasteiger partial charge in [0.1, 0.15) is 0 Å². The van der Waals surface area contributed by atoms with Crippen LogP contribution in [0.5, 0.6) is 0 Å². The molecule has 2 unspecified atom stereocenters. The van der Waals surface area contributed by atoms with E-state index in [0.29, 0.717) is 12.0 Å². The van der Waals surface area contributed by atoms with E-state index >= 15 is 0 Å². The quantitative estimate of drug-likeness (QED) is 0.844. The molecule has 2 heteroatoms. The van der Waals surface area contributed by atoms with Gasteiger partial charge in [0, 0.05) is 23.8 Å². The first-order chi connectivity index (χ1) is 9.81. The van der Waals surface area contributed by atoms with E-state index in [1.165, 1.54) is 35.6 Å². The normalized spacial score (nSPS) is 18.1. The molecule has 1 fully saturated rings. The van der Waals surface area contributed by atoms with Gasteiger partial charge in [-0.05, 0) is 54.7 Å². The van der Waals surface area contributed by atoms with E-state index in [9.17, 15) is 0 Å². The van der Waals surface area contributed by atoms with Gasteiger partial charge in [0.05, 0.1) is 0 Å². The van der Waals surface area contributed by atoms with E-state index in [2.05, 4.69) is 48.4 Å². The molecule has 0 amide bonds. The minimum Gasteiger partial charge on any atom is -0.310 e. The number of pyridine rings is 1. The zero-order valence-electron chi connectivity index (χ0n) is 12.5. The van der Waals surface area contributed by atoms with Crippen LogP contribution in [0.3, 0.4) is 0 Å². The third kappa shape index (κ3) is 2.71. The van der Waals surface area contributed by atoms with Crippen LogP contribution in [0, 0.1) is 11.8 Å². The Morgan fingerprint density at radius 3 is 2.90 bits per heavy atom. The molecule has 1 aromatic heterocycles. The number of nitrogens with zero attached hydrogens (tertiary/aromatic N) is 1. The number of hydrogen-bond acceptors (Lipinski definition) is 2. The summed E-state index contributed by atoms with van der Waals surface area (Å²) in [6.07, 6.45) is 7.87. The summed E-state index contributed by atoms with van der Waals surface area (Å²) in [6, 6.07) is 9.19. The maximum Gasteiger partial charge on any atom is 0.0355 e. The predicted octanol–water partition coefficient (Wildman–Crippen LogP) is 4.32. The fraction of sp³-hybridized carbons (Fsp3) is 0.500. The van der Waals surface area contributed by atoms with E-state index in [0.717, 1.165) is 12.5 Å². The summed E-state index contributed by atoms with van der Waals surface area (Å²) in [5, 5.41) is 6.37. The van der Waals surface area contributed by atoms with Crippen molar-refractivity contribution in [1.82, 2.24) is 10.3 Å². The maximum atomic E-state index is 4.33. The van der Waals surface area contributed by atoms with Crippen molar-refractivity contribution in [2.75, 3.05) is 6.54 Å². The Morgan fingerprint density at radius 1 is 1.30 bits per heavy atom. The van der Waals surface area contributed by atoms with E-state index < -0.39 is 0 Å². The smallest absolute Gasteiger partial charge is 0.0355 e. The minimum absolute atomic E-state index is 0.454. The topological polar surface area (TPSA) is 24.9 Å². The lowest BCUT2D eigenvalue weighted by atomic mass is 9.88. The molecule has 0 saturated heterocycles. The van der Waals surface area contributed by atoms with Gasteiger partial charge in [0.2, 0.25) is 0 Å². The summed E-state index contributed by atoms with van der Waals surface area (Å²) in [5.74, 6) is 1.60. The first-order valence-electron chi connectivity index (χ1n) is 7.87. The van der Waals surface area contributed by atoms with Gasteiger partial charge in [-0.2, -0.15) is 0 Å². The average molecular weight is 268 g/mol. The minimum atomic E-state index is 0.454. The Kier molecular flexibility index (Phi) is 4.02. The van der Waals surface area contributed by atoms with Crippen LogP contribution in [0.15, 0.2) is 36.7 Å². The number of benzene rings is 1. The molecular formula is C18H24N2. The van der Waals surface area contributed by atoms with E-state index in [4.69, 9.17) is 0 Å². The molecule has 1 N–H and O–H groups in total. The van der Waals surface area contributed by atoms with Gasteiger partial charge >= 0.3 is 0 Å². The summed E-state index contributed by atoms with van der Waals surface area (Å²) < 4.78 is 0. The average Bonchev–Trinajstić information content (AvgIpc) is 3.32. The molecule has 20 heavy (non-hydrogen) atoms. The lowest BCUT2D eigenvalue weighted by Crippen LogP contribution is -2.29. The molecule has 3 rings (SSSR count). The van der Waals surface area contributed by atoms with Gasteiger partial charge in [0.15, 0.2) is 0 Å². The van der Waals surface area contributed by atoms with Crippen LogP contribution in [0.1, 0.15) is 44.7 Å². The van der Waals surface area contributed by atoms with E-state index in [1.807, 2.05) is 12.4 Å². The van der Waals surface area contributed by atoms with Crippen molar-refractivity contribution >= 4 is 10.8 Å². The molecule has 1 aliphatic carbocycles. The van der Waals surface area contributed by atoms with Gasteiger partial charge < -0.3 is 5.32 Å². The first-order valence-corrected chi connectivity index (χ1v) is 7.87. The molecule has 2 aromatic rings. The van der Waals surface area contributed by atoms with Crippen LogP contribution in [0.25, 0.3) is 10.8 Å². The highest BCUT2D eigenvalue weighted by atomic mass is 14.9. The molecule has 1 saturated carbocycles. The van der Waals surface area contributed by atoms with Gasteiger partial charge in [-0.15, -0.1) is 0 Å². The Hall–Kier alpha value is -1.41. The molecule has 1 heterocycles. The van der Waals surface area contributed by atoms with Gasteiger partial charge in [-0.25, -0.2) is 0 Å². The highest BCUT2D eigenvalue weighted by molar-refractivity contribution is 5.85. The van der Waals surface area contributed by atoms with Crippen LogP contribution in [0.4, 0.5) is 0 Å². The highest BCUT2D eigenvalue weighted by Crippen LogP contribution is 2.43. The van der Waals surface area contributed by atoms with Gasteiger partial charge in [0.25, 0.3) is 0 Å². The van der Waals surface area contributed by atoms with Gasteiger partial charge in [-0.1, -0.05) is 32.0 Å². The van der Waals surface area contributed by atoms with E-state index in [1.54, 1.807) is 0 Å². The molecule has 0 bridgehead atoms. The summed E-state index contributed by atoms with van der Waals surface area (Å²) in [7, 11) is 0. The fourth-order valence-corrected chi connectivity index (χ4v) is 3.18. The van der Waals surface area contributed by atoms with E-state index in [-0.39, 0.29) is 0 Å². The largest absolute Gasteiger partial charge is 0.310 e. The van der Waals surface area contributed by atoms with Crippen LogP contribution in [-0.4, -0.2) is 11.5 Å². The van der Waals surface area contributed by atoms with Gasteiger partial charge in [-0.3, -0.25) is 4.98 Å². The second-order valence-corrected chi connectivity index (χ2v) is 6.07. The Bertz CT molecular complexity index is 569. The molecule has 0 radical (unpaired) electrons. The first kappa shape index (κ1) is 13.6. The number of fused-ring (bicyclic) bond motifs is 1. The molecule has 0 spiro atoms. The summed E-state index contributed by atoms with van der Waals surface area (Å²) in [4.78, 5) is 4.33. The Morgan fingerprint density at radius 2 is 2.15 bits per heavy atom. The van der Waals surface area contributed by atoms with Crippen LogP contribution >= 0.6 is 0 Å². The van der Waals surface area contributed by atoms with Crippen molar-refractivity contribution in [1.29, 1.82) is 0 Å². The molecule has 106 valence electrons. The molecule has 2 nitrogen and oxygen atoms in total. The predicted molar refractivity (Wildman–Crippen MR) is 84.7 cm³/mol. The number of hydrogen-bond donors (Lipinski definition) is 1. The van der Waals surface area contributed by atoms with Crippen LogP contribution in [-0.2, 0) is 0 Å². The number of aromatic nitrogens is 1. The van der Waals surface area contributed by atoms with Crippen molar-refractivity contribution in [3.63, 3.8) is 0 Å². The summed E-state index contributed by atoms with van der Waals surface area (Å²) in [6.45, 7) is 5.72. The second-order valence-electron chi connectivity index (χ2n) is 6.07. The molecule has 1 aromatic carbocycles. The van der Waals surface area contributed by atoms with Crippen LogP contribution in [0.2, 0.25) is 0 Å². The second kappa shape index (κ2) is 5.92. The standard InChI is InChI=1S/C18H24N2/c1-3-10-20-18(13(2)14-7-8-14)16-6-4-5-15-9-11-19-12-17(15)16/h4-6,9,11-14,18,20H,3,7-8,10H2,1-2H3. The van der Waals surface area contributed by atoms with Crippen molar-refractivity contribution in [2.24, 2.45) is 11.8 Å². The molecule has 0 aliphatic heterocycles. The summed E-state index contributed by atoms with van der Waals surface area (Å²) >= 11 is 0. The Labute approximate surface area is 121 Å². The lowest BCUT2D eigenvalue weighted by molar-refractivity contribution is 0.351. The monoisotopic (exact) mass is 268 g/mol. The lowest BCUT2D eigenvalue weighted by Gasteiger charge is -2.27. The number of nitrogens with one attached hydrogen (secondary N) is 1. The summed E-state index contributed by atoms with van der Waals surface area (Å²) in [5.41, 5.74) is 1.42. The van der Waals surface area contributed by atoms with Crippen LogP contribution < -0.4 is 5.32 Å². The molecule has 1 aliphatic rings. The van der Waals surface area contributed by atoms with Crippen molar-refractivity contribution in [2.45, 2.75) is 39.2 Å². The zero-order valence-corrected chi connectivity index (χ0v) is 12.5. The molecular weight excluding hydrogens is 244 g/mol. The van der Waals surface area contributed by atoms with Crippen molar-refractivity contribution in [3.8, 4) is 0 Å². The Balaban J connectivity index is 1.98. The third-order valence-corrected chi connectivity index (χ3v) is 4.56. The zero-order chi connectivity index (χ0) is 13.9. The fourth-order valence-electron chi connectivity index (χ4n) is 3.18. The third-order valence-electron chi connectivity index (χ3n) is 4.56. The van der Waals surface area contributed by atoms with Crippen molar-refractivity contribution < 1.29 is 0 Å².